The lowest BCUT2D eigenvalue weighted by Crippen LogP contribution is -2.47. The molecule has 2 atom stereocenters. The van der Waals surface area contributed by atoms with E-state index in [4.69, 9.17) is 4.74 Å². The highest BCUT2D eigenvalue weighted by Crippen LogP contribution is 2.26. The maximum atomic E-state index is 12.6. The fourth-order valence-electron chi connectivity index (χ4n) is 3.31. The van der Waals surface area contributed by atoms with Gasteiger partial charge >= 0.3 is 6.03 Å². The van der Waals surface area contributed by atoms with Crippen molar-refractivity contribution in [1.82, 2.24) is 25.0 Å². The van der Waals surface area contributed by atoms with E-state index in [1.165, 1.54) is 0 Å². The molecule has 1 N–H and O–H groups in total. The van der Waals surface area contributed by atoms with E-state index in [0.29, 0.717) is 19.7 Å². The van der Waals surface area contributed by atoms with Crippen molar-refractivity contribution in [2.75, 3.05) is 19.7 Å². The standard InChI is InChI=1S/C16H21N5O2S/c1-11(15-19-18-14-5-2-6-21(14)15)17-16(22)20-7-8-23-12(10-20)13-4-3-9-24-13/h3-4,9,11-12H,2,5-8,10H2,1H3,(H,17,22)/t11-,12-/m1/s1. The molecule has 0 unspecified atom stereocenters. The number of carbonyl (C=O) groups excluding carboxylic acids is 1. The molecule has 2 aliphatic heterocycles. The Morgan fingerprint density at radius 1 is 1.46 bits per heavy atom. The first-order valence-electron chi connectivity index (χ1n) is 8.35. The Morgan fingerprint density at radius 2 is 2.38 bits per heavy atom. The summed E-state index contributed by atoms with van der Waals surface area (Å²) in [5.41, 5.74) is 0. The number of nitrogens with zero attached hydrogens (tertiary/aromatic N) is 4. The van der Waals surface area contributed by atoms with Crippen LogP contribution in [0.4, 0.5) is 4.79 Å². The number of carbonyl (C=O) groups is 1. The number of ether oxygens (including phenoxy) is 1. The van der Waals surface area contributed by atoms with E-state index < -0.39 is 0 Å². The molecule has 24 heavy (non-hydrogen) atoms. The second kappa shape index (κ2) is 6.52. The van der Waals surface area contributed by atoms with Crippen LogP contribution >= 0.6 is 11.3 Å². The third kappa shape index (κ3) is 2.91. The first kappa shape index (κ1) is 15.6. The fourth-order valence-corrected chi connectivity index (χ4v) is 4.08. The lowest BCUT2D eigenvalue weighted by molar-refractivity contribution is -0.0139. The van der Waals surface area contributed by atoms with Crippen molar-refractivity contribution in [3.05, 3.63) is 34.0 Å². The predicted octanol–water partition coefficient (Wildman–Crippen LogP) is 2.13. The zero-order chi connectivity index (χ0) is 16.5. The maximum absolute atomic E-state index is 12.6. The number of urea groups is 1. The van der Waals surface area contributed by atoms with Gasteiger partial charge in [-0.2, -0.15) is 0 Å². The molecule has 4 heterocycles. The monoisotopic (exact) mass is 347 g/mol. The van der Waals surface area contributed by atoms with Crippen molar-refractivity contribution in [2.24, 2.45) is 0 Å². The molecule has 2 aliphatic rings. The Kier molecular flexibility index (Phi) is 4.24. The zero-order valence-corrected chi connectivity index (χ0v) is 14.5. The number of aromatic nitrogens is 3. The molecule has 0 aromatic carbocycles. The number of hydrogen-bond donors (Lipinski definition) is 1. The van der Waals surface area contributed by atoms with Crippen molar-refractivity contribution in [1.29, 1.82) is 0 Å². The Hall–Kier alpha value is -1.93. The predicted molar refractivity (Wildman–Crippen MR) is 89.9 cm³/mol. The summed E-state index contributed by atoms with van der Waals surface area (Å²) < 4.78 is 7.93. The van der Waals surface area contributed by atoms with Gasteiger partial charge in [-0.05, 0) is 24.8 Å². The van der Waals surface area contributed by atoms with E-state index in [9.17, 15) is 4.79 Å². The molecule has 7 nitrogen and oxygen atoms in total. The van der Waals surface area contributed by atoms with Gasteiger partial charge in [-0.15, -0.1) is 21.5 Å². The summed E-state index contributed by atoms with van der Waals surface area (Å²) in [6.45, 7) is 4.65. The Bertz CT molecular complexity index is 714. The van der Waals surface area contributed by atoms with Gasteiger partial charge in [0.05, 0.1) is 19.2 Å². The van der Waals surface area contributed by atoms with Gasteiger partial charge in [-0.1, -0.05) is 6.07 Å². The minimum atomic E-state index is -0.153. The molecular formula is C16H21N5O2S. The summed E-state index contributed by atoms with van der Waals surface area (Å²) in [6, 6.07) is 3.84. The van der Waals surface area contributed by atoms with E-state index in [-0.39, 0.29) is 18.2 Å². The van der Waals surface area contributed by atoms with Gasteiger partial charge in [-0.3, -0.25) is 0 Å². The fraction of sp³-hybridized carbons (Fsp3) is 0.562. The lowest BCUT2D eigenvalue weighted by Gasteiger charge is -2.33. The Labute approximate surface area is 144 Å². The highest BCUT2D eigenvalue weighted by molar-refractivity contribution is 7.10. The number of thiophene rings is 1. The van der Waals surface area contributed by atoms with Crippen LogP contribution in [0.1, 0.15) is 42.0 Å². The van der Waals surface area contributed by atoms with Crippen LogP contribution in [0, 0.1) is 0 Å². The van der Waals surface area contributed by atoms with E-state index >= 15 is 0 Å². The number of aryl methyl sites for hydroxylation is 1. The Balaban J connectivity index is 1.40. The number of morpholine rings is 1. The highest BCUT2D eigenvalue weighted by atomic mass is 32.1. The maximum Gasteiger partial charge on any atom is 0.318 e. The topological polar surface area (TPSA) is 72.3 Å². The molecular weight excluding hydrogens is 326 g/mol. The summed E-state index contributed by atoms with van der Waals surface area (Å²) in [5.74, 6) is 1.87. The molecule has 2 amide bonds. The normalized spacial score (nSPS) is 21.5. The number of nitrogens with one attached hydrogen (secondary N) is 1. The molecule has 0 saturated carbocycles. The van der Waals surface area contributed by atoms with Gasteiger partial charge in [0, 0.05) is 24.4 Å². The van der Waals surface area contributed by atoms with Gasteiger partial charge in [0.2, 0.25) is 0 Å². The number of rotatable bonds is 3. The molecule has 128 valence electrons. The quantitative estimate of drug-likeness (QED) is 0.923. The summed E-state index contributed by atoms with van der Waals surface area (Å²) in [6.07, 6.45) is 2.04. The van der Waals surface area contributed by atoms with Gasteiger partial charge in [0.1, 0.15) is 11.9 Å². The van der Waals surface area contributed by atoms with Crippen molar-refractivity contribution in [3.63, 3.8) is 0 Å². The van der Waals surface area contributed by atoms with Crippen LogP contribution in [0.15, 0.2) is 17.5 Å². The SMILES string of the molecule is C[C@@H](NC(=O)N1CCO[C@@H](c2cccs2)C1)c1nnc2n1CCC2. The molecule has 0 aliphatic carbocycles. The molecule has 8 heteroatoms. The van der Waals surface area contributed by atoms with Crippen molar-refractivity contribution in [2.45, 2.75) is 38.5 Å². The largest absolute Gasteiger partial charge is 0.369 e. The van der Waals surface area contributed by atoms with E-state index in [1.807, 2.05) is 23.3 Å². The van der Waals surface area contributed by atoms with Crippen LogP contribution in [0.25, 0.3) is 0 Å². The van der Waals surface area contributed by atoms with Crippen LogP contribution < -0.4 is 5.32 Å². The average molecular weight is 347 g/mol. The third-order valence-electron chi connectivity index (χ3n) is 4.58. The summed E-state index contributed by atoms with van der Waals surface area (Å²) in [7, 11) is 0. The van der Waals surface area contributed by atoms with Crippen LogP contribution in [-0.2, 0) is 17.7 Å². The van der Waals surface area contributed by atoms with Crippen molar-refractivity contribution < 1.29 is 9.53 Å². The first-order chi connectivity index (χ1) is 11.7. The smallest absolute Gasteiger partial charge is 0.318 e. The molecule has 1 saturated heterocycles. The zero-order valence-electron chi connectivity index (χ0n) is 13.6. The van der Waals surface area contributed by atoms with Crippen molar-refractivity contribution >= 4 is 17.4 Å². The van der Waals surface area contributed by atoms with Crippen LogP contribution in [0.2, 0.25) is 0 Å². The molecule has 0 radical (unpaired) electrons. The minimum absolute atomic E-state index is 0.0304. The molecule has 0 bridgehead atoms. The van der Waals surface area contributed by atoms with Crippen LogP contribution in [0.3, 0.4) is 0 Å². The third-order valence-corrected chi connectivity index (χ3v) is 5.54. The molecule has 4 rings (SSSR count). The molecule has 2 aromatic rings. The van der Waals surface area contributed by atoms with E-state index in [2.05, 4.69) is 26.1 Å². The highest BCUT2D eigenvalue weighted by Gasteiger charge is 2.28. The van der Waals surface area contributed by atoms with Gasteiger partial charge in [-0.25, -0.2) is 4.79 Å². The summed E-state index contributed by atoms with van der Waals surface area (Å²) >= 11 is 1.66. The summed E-state index contributed by atoms with van der Waals surface area (Å²) in [4.78, 5) is 15.6. The Morgan fingerprint density at radius 3 is 3.21 bits per heavy atom. The number of hydrogen-bond acceptors (Lipinski definition) is 5. The van der Waals surface area contributed by atoms with Gasteiger partial charge in [0.25, 0.3) is 0 Å². The molecule has 1 fully saturated rings. The lowest BCUT2D eigenvalue weighted by atomic mass is 10.2. The summed E-state index contributed by atoms with van der Waals surface area (Å²) in [5, 5.41) is 13.6. The van der Waals surface area contributed by atoms with E-state index in [0.717, 1.165) is 35.9 Å². The first-order valence-corrected chi connectivity index (χ1v) is 9.23. The van der Waals surface area contributed by atoms with Crippen molar-refractivity contribution in [3.8, 4) is 0 Å². The van der Waals surface area contributed by atoms with Crippen LogP contribution in [0.5, 0.6) is 0 Å². The average Bonchev–Trinajstić information content (AvgIpc) is 3.32. The van der Waals surface area contributed by atoms with E-state index in [1.54, 1.807) is 11.3 Å². The van der Waals surface area contributed by atoms with Gasteiger partial charge in [0.15, 0.2) is 5.82 Å². The second-order valence-corrected chi connectivity index (χ2v) is 7.20. The number of amides is 2. The van der Waals surface area contributed by atoms with Crippen LogP contribution in [-0.4, -0.2) is 45.4 Å². The minimum Gasteiger partial charge on any atom is -0.369 e. The molecule has 2 aromatic heterocycles. The number of fused-ring (bicyclic) bond motifs is 1. The second-order valence-electron chi connectivity index (χ2n) is 6.22. The van der Waals surface area contributed by atoms with Gasteiger partial charge < -0.3 is 19.5 Å². The molecule has 0 spiro atoms.